The van der Waals surface area contributed by atoms with Gasteiger partial charge < -0.3 is 19.9 Å². The number of rotatable bonds is 4. The van der Waals surface area contributed by atoms with Crippen LogP contribution in [-0.4, -0.2) is 60.8 Å². The molecular formula is C23H19F3N8O3. The second-order valence-corrected chi connectivity index (χ2v) is 8.63. The minimum atomic E-state index is -4.49. The van der Waals surface area contributed by atoms with Gasteiger partial charge in [0.15, 0.2) is 16.9 Å². The molecular weight excluding hydrogens is 493 g/mol. The molecule has 1 atom stereocenters. The number of aromatic amines is 1. The maximum atomic E-state index is 13.1. The summed E-state index contributed by atoms with van der Waals surface area (Å²) in [5.74, 6) is -0.500. The van der Waals surface area contributed by atoms with E-state index >= 15 is 0 Å². The Labute approximate surface area is 206 Å². The Bertz CT molecular complexity index is 1580. The van der Waals surface area contributed by atoms with Crippen molar-refractivity contribution in [2.24, 2.45) is 13.0 Å². The number of aromatic nitrogens is 5. The van der Waals surface area contributed by atoms with Gasteiger partial charge in [0, 0.05) is 31.7 Å². The highest BCUT2D eigenvalue weighted by molar-refractivity contribution is 5.94. The fourth-order valence-electron chi connectivity index (χ4n) is 4.07. The monoisotopic (exact) mass is 512 g/mol. The fraction of sp³-hybridized carbons (Fsp3) is 0.304. The first-order valence-corrected chi connectivity index (χ1v) is 11.1. The van der Waals surface area contributed by atoms with E-state index in [0.717, 1.165) is 12.1 Å². The van der Waals surface area contributed by atoms with Gasteiger partial charge in [-0.25, -0.2) is 14.8 Å². The van der Waals surface area contributed by atoms with Crippen LogP contribution >= 0.6 is 0 Å². The second kappa shape index (κ2) is 8.77. The van der Waals surface area contributed by atoms with Crippen molar-refractivity contribution in [2.75, 3.05) is 13.1 Å². The van der Waals surface area contributed by atoms with Gasteiger partial charge in [-0.3, -0.25) is 9.48 Å². The lowest BCUT2D eigenvalue weighted by Crippen LogP contribution is -2.56. The number of nitrogens with one attached hydrogen (secondary N) is 2. The average molecular weight is 512 g/mol. The third-order valence-corrected chi connectivity index (χ3v) is 6.05. The number of likely N-dealkylation sites (tertiary alicyclic amines) is 1. The van der Waals surface area contributed by atoms with E-state index in [4.69, 9.17) is 10.00 Å². The minimum Gasteiger partial charge on any atom is -0.406 e. The topological polar surface area (TPSA) is 142 Å². The number of carbonyl (C=O) groups is 2. The predicted octanol–water partition coefficient (Wildman–Crippen LogP) is 2.99. The lowest BCUT2D eigenvalue weighted by molar-refractivity contribution is -0.138. The highest BCUT2D eigenvalue weighted by Crippen LogP contribution is 2.34. The lowest BCUT2D eigenvalue weighted by atomic mass is 10.0. The molecule has 0 radical (unpaired) electrons. The molecule has 5 rings (SSSR count). The number of hydrogen-bond donors (Lipinski definition) is 2. The zero-order valence-corrected chi connectivity index (χ0v) is 19.5. The van der Waals surface area contributed by atoms with Crippen molar-refractivity contribution >= 4 is 34.1 Å². The molecule has 0 saturated carbocycles. The molecule has 0 aliphatic carbocycles. The van der Waals surface area contributed by atoms with Gasteiger partial charge in [0.2, 0.25) is 5.91 Å². The summed E-state index contributed by atoms with van der Waals surface area (Å²) < 4.78 is 46.1. The molecule has 0 bridgehead atoms. The van der Waals surface area contributed by atoms with Gasteiger partial charge >= 0.3 is 12.3 Å². The number of hydrogen-bond acceptors (Lipinski definition) is 7. The number of carbonyl (C=O) groups excluding carboxylic acids is 2. The van der Waals surface area contributed by atoms with Crippen molar-refractivity contribution in [1.82, 2.24) is 34.9 Å². The van der Waals surface area contributed by atoms with Gasteiger partial charge in [-0.05, 0) is 25.1 Å². The van der Waals surface area contributed by atoms with E-state index in [2.05, 4.69) is 31.4 Å². The molecule has 1 aromatic carbocycles. The number of nitriles is 1. The summed E-state index contributed by atoms with van der Waals surface area (Å²) >= 11 is 0. The van der Waals surface area contributed by atoms with Crippen molar-refractivity contribution in [3.05, 3.63) is 36.2 Å². The van der Waals surface area contributed by atoms with Crippen LogP contribution in [0.1, 0.15) is 12.5 Å². The van der Waals surface area contributed by atoms with Crippen LogP contribution in [0, 0.1) is 17.2 Å². The van der Waals surface area contributed by atoms with Crippen LogP contribution in [0.4, 0.5) is 18.0 Å². The molecule has 1 fully saturated rings. The van der Waals surface area contributed by atoms with Gasteiger partial charge in [0.25, 0.3) is 0 Å². The van der Waals surface area contributed by atoms with Crippen LogP contribution in [0.2, 0.25) is 0 Å². The van der Waals surface area contributed by atoms with Gasteiger partial charge in [0.1, 0.15) is 17.4 Å². The molecule has 190 valence electrons. The number of fused-ring (bicyclic) bond motifs is 2. The Morgan fingerprint density at radius 1 is 1.32 bits per heavy atom. The predicted molar refractivity (Wildman–Crippen MR) is 123 cm³/mol. The number of amides is 2. The van der Waals surface area contributed by atoms with Crippen molar-refractivity contribution < 1.29 is 27.5 Å². The molecule has 0 spiro atoms. The summed E-state index contributed by atoms with van der Waals surface area (Å²) in [6.07, 6.45) is -2.61. The summed E-state index contributed by atoms with van der Waals surface area (Å²) in [7, 11) is 1.52. The maximum absolute atomic E-state index is 13.1. The zero-order valence-electron chi connectivity index (χ0n) is 19.5. The standard InChI is InChI=1S/C23H19F3N8O3/c1-11(21(35)34-9-12(6-27)10-34)30-22(36)37-17-8-29-20-19(17)31-15(7-28-20)18-14-4-3-13(23(24,25)26)5-16(14)33(2)32-18/h3-5,7-8,11-12H,9-10H2,1-2H3,(H,28,29)(H,30,36)/t11-/m1/s1. The number of H-pyrrole nitrogens is 1. The number of benzene rings is 1. The molecule has 14 heteroatoms. The first-order chi connectivity index (χ1) is 17.5. The first-order valence-electron chi connectivity index (χ1n) is 11.1. The SMILES string of the molecule is C[C@@H](NC(=O)Oc1c[nH]c2ncc(-c3nn(C)c4cc(C(F)(F)F)ccc34)nc12)C(=O)N1CC(C#N)C1. The summed E-state index contributed by atoms with van der Waals surface area (Å²) in [6.45, 7) is 2.14. The molecule has 0 unspecified atom stereocenters. The van der Waals surface area contributed by atoms with Crippen LogP contribution < -0.4 is 10.1 Å². The molecule has 4 aromatic rings. The van der Waals surface area contributed by atoms with E-state index < -0.39 is 23.9 Å². The Balaban J connectivity index is 1.37. The van der Waals surface area contributed by atoms with Crippen molar-refractivity contribution in [3.8, 4) is 23.2 Å². The van der Waals surface area contributed by atoms with Crippen LogP contribution in [0.25, 0.3) is 33.5 Å². The third kappa shape index (κ3) is 4.39. The first kappa shape index (κ1) is 24.0. The summed E-state index contributed by atoms with van der Waals surface area (Å²) in [4.78, 5) is 37.8. The summed E-state index contributed by atoms with van der Waals surface area (Å²) in [5.41, 5.74) is 0.529. The lowest BCUT2D eigenvalue weighted by Gasteiger charge is -2.36. The highest BCUT2D eigenvalue weighted by Gasteiger charge is 2.34. The minimum absolute atomic E-state index is 0.0367. The average Bonchev–Trinajstić information content (AvgIpc) is 3.37. The van der Waals surface area contributed by atoms with Crippen LogP contribution in [0.15, 0.2) is 30.6 Å². The van der Waals surface area contributed by atoms with E-state index in [0.29, 0.717) is 29.8 Å². The molecule has 3 aromatic heterocycles. The normalized spacial score (nSPS) is 14.9. The number of nitrogens with zero attached hydrogens (tertiary/aromatic N) is 6. The van der Waals surface area contributed by atoms with Crippen molar-refractivity contribution in [2.45, 2.75) is 19.1 Å². The molecule has 2 amide bonds. The fourth-order valence-corrected chi connectivity index (χ4v) is 4.07. The molecule has 1 saturated heterocycles. The van der Waals surface area contributed by atoms with Gasteiger partial charge in [-0.2, -0.15) is 23.5 Å². The van der Waals surface area contributed by atoms with Gasteiger partial charge in [-0.15, -0.1) is 0 Å². The number of alkyl halides is 3. The van der Waals surface area contributed by atoms with E-state index in [1.807, 2.05) is 0 Å². The largest absolute Gasteiger partial charge is 0.416 e. The maximum Gasteiger partial charge on any atom is 0.416 e. The zero-order chi connectivity index (χ0) is 26.5. The smallest absolute Gasteiger partial charge is 0.406 e. The van der Waals surface area contributed by atoms with E-state index in [9.17, 15) is 22.8 Å². The van der Waals surface area contributed by atoms with Crippen molar-refractivity contribution in [3.63, 3.8) is 0 Å². The summed E-state index contributed by atoms with van der Waals surface area (Å²) in [5, 5.41) is 16.1. The van der Waals surface area contributed by atoms with Crippen LogP contribution in [0.5, 0.6) is 5.75 Å². The van der Waals surface area contributed by atoms with E-state index in [1.54, 1.807) is 0 Å². The van der Waals surface area contributed by atoms with E-state index in [-0.39, 0.29) is 34.3 Å². The number of ether oxygens (including phenoxy) is 1. The third-order valence-electron chi connectivity index (χ3n) is 6.05. The Hall–Kier alpha value is -4.67. The Kier molecular flexibility index (Phi) is 5.70. The quantitative estimate of drug-likeness (QED) is 0.428. The van der Waals surface area contributed by atoms with Crippen LogP contribution in [-0.2, 0) is 18.0 Å². The van der Waals surface area contributed by atoms with Crippen molar-refractivity contribution in [1.29, 1.82) is 5.26 Å². The second-order valence-electron chi connectivity index (χ2n) is 8.63. The molecule has 4 heterocycles. The Morgan fingerprint density at radius 3 is 2.78 bits per heavy atom. The number of aryl methyl sites for hydroxylation is 1. The molecule has 2 N–H and O–H groups in total. The molecule has 37 heavy (non-hydrogen) atoms. The van der Waals surface area contributed by atoms with Gasteiger partial charge in [0.05, 0.1) is 29.3 Å². The molecule has 1 aliphatic heterocycles. The Morgan fingerprint density at radius 2 is 2.08 bits per heavy atom. The van der Waals surface area contributed by atoms with E-state index in [1.165, 1.54) is 42.0 Å². The number of halogens is 3. The van der Waals surface area contributed by atoms with Gasteiger partial charge in [-0.1, -0.05) is 0 Å². The van der Waals surface area contributed by atoms with Crippen LogP contribution in [0.3, 0.4) is 0 Å². The summed E-state index contributed by atoms with van der Waals surface area (Å²) in [6, 6.07) is 4.50. The molecule has 1 aliphatic rings. The highest BCUT2D eigenvalue weighted by atomic mass is 19.4. The molecule has 11 nitrogen and oxygen atoms in total.